The predicted molar refractivity (Wildman–Crippen MR) is 321 cm³/mol. The standard InChI is InChI=1S/C68H118O6/c1-4-7-10-13-16-19-21-23-25-27-29-31-32-33-34-35-36-38-39-41-43-45-47-49-52-55-58-61-67(70)73-64-65(63-72-66(69)60-57-54-51-18-15-12-9-6-3)74-68(71)62-59-56-53-50-48-46-44-42-40-37-30-28-26-24-22-20-17-14-11-8-5-2/h7,10,16,19,23,25,28-31,33-34,36,38,65H,4-6,8-9,11-15,17-18,20-22,24,26-27,32,35,37,39-64H2,1-3H3/b10-7-,19-16-,25-23-,30-28-,31-29-,34-33-,38-36-. The van der Waals surface area contributed by atoms with Crippen LogP contribution < -0.4 is 0 Å². The molecule has 0 aliphatic rings. The first-order valence-corrected chi connectivity index (χ1v) is 31.6. The molecule has 0 rings (SSSR count). The molecule has 426 valence electrons. The quantitative estimate of drug-likeness (QED) is 0.0261. The molecular weight excluding hydrogens is 913 g/mol. The van der Waals surface area contributed by atoms with Crippen molar-refractivity contribution in [1.29, 1.82) is 0 Å². The van der Waals surface area contributed by atoms with E-state index in [2.05, 4.69) is 106 Å². The summed E-state index contributed by atoms with van der Waals surface area (Å²) in [6.45, 7) is 6.51. The van der Waals surface area contributed by atoms with Crippen molar-refractivity contribution in [1.82, 2.24) is 0 Å². The van der Waals surface area contributed by atoms with Crippen molar-refractivity contribution in [2.75, 3.05) is 13.2 Å². The zero-order chi connectivity index (χ0) is 53.6. The smallest absolute Gasteiger partial charge is 0.306 e. The van der Waals surface area contributed by atoms with E-state index >= 15 is 0 Å². The Kier molecular flexibility index (Phi) is 59.3. The summed E-state index contributed by atoms with van der Waals surface area (Å²) in [6, 6.07) is 0. The van der Waals surface area contributed by atoms with Gasteiger partial charge in [0, 0.05) is 19.3 Å². The van der Waals surface area contributed by atoms with E-state index < -0.39 is 6.10 Å². The van der Waals surface area contributed by atoms with Gasteiger partial charge in [-0.05, 0) is 96.3 Å². The Morgan fingerprint density at radius 3 is 0.838 bits per heavy atom. The van der Waals surface area contributed by atoms with Gasteiger partial charge in [0.2, 0.25) is 0 Å². The van der Waals surface area contributed by atoms with Crippen molar-refractivity contribution in [3.05, 3.63) is 85.1 Å². The molecule has 0 saturated heterocycles. The number of hydrogen-bond acceptors (Lipinski definition) is 6. The van der Waals surface area contributed by atoms with E-state index in [1.165, 1.54) is 167 Å². The maximum absolute atomic E-state index is 12.9. The Labute approximate surface area is 458 Å². The van der Waals surface area contributed by atoms with Crippen LogP contribution >= 0.6 is 0 Å². The maximum atomic E-state index is 12.9. The summed E-state index contributed by atoms with van der Waals surface area (Å²) < 4.78 is 16.9. The third-order valence-corrected chi connectivity index (χ3v) is 13.6. The van der Waals surface area contributed by atoms with E-state index in [1.807, 2.05) is 0 Å². The molecule has 0 aliphatic carbocycles. The van der Waals surface area contributed by atoms with Crippen molar-refractivity contribution < 1.29 is 28.6 Å². The third kappa shape index (κ3) is 59.5. The molecule has 0 fully saturated rings. The third-order valence-electron chi connectivity index (χ3n) is 13.6. The number of carbonyl (C=O) groups is 3. The summed E-state index contributed by atoms with van der Waals surface area (Å²) in [5.74, 6) is -0.882. The van der Waals surface area contributed by atoms with Crippen LogP contribution in [-0.4, -0.2) is 37.2 Å². The topological polar surface area (TPSA) is 78.9 Å². The summed E-state index contributed by atoms with van der Waals surface area (Å²) in [5.41, 5.74) is 0. The average molecular weight is 1030 g/mol. The highest BCUT2D eigenvalue weighted by Gasteiger charge is 2.19. The number of ether oxygens (including phenoxy) is 3. The van der Waals surface area contributed by atoms with Crippen molar-refractivity contribution in [2.45, 2.75) is 316 Å². The number of carbonyl (C=O) groups excluding carboxylic acids is 3. The minimum Gasteiger partial charge on any atom is -0.462 e. The van der Waals surface area contributed by atoms with E-state index in [-0.39, 0.29) is 31.1 Å². The Morgan fingerprint density at radius 1 is 0.284 bits per heavy atom. The molecular formula is C68H118O6. The second kappa shape index (κ2) is 62.1. The van der Waals surface area contributed by atoms with Gasteiger partial charge in [0.25, 0.3) is 0 Å². The van der Waals surface area contributed by atoms with Gasteiger partial charge in [0.05, 0.1) is 0 Å². The molecule has 6 heteroatoms. The molecule has 0 radical (unpaired) electrons. The van der Waals surface area contributed by atoms with Gasteiger partial charge in [-0.2, -0.15) is 0 Å². The molecule has 0 heterocycles. The molecule has 0 N–H and O–H groups in total. The van der Waals surface area contributed by atoms with Gasteiger partial charge in [-0.3, -0.25) is 14.4 Å². The fourth-order valence-electron chi connectivity index (χ4n) is 8.91. The van der Waals surface area contributed by atoms with Crippen LogP contribution in [-0.2, 0) is 28.6 Å². The highest BCUT2D eigenvalue weighted by atomic mass is 16.6. The van der Waals surface area contributed by atoms with E-state index in [0.29, 0.717) is 19.3 Å². The Morgan fingerprint density at radius 2 is 0.527 bits per heavy atom. The van der Waals surface area contributed by atoms with Gasteiger partial charge in [-0.25, -0.2) is 0 Å². The van der Waals surface area contributed by atoms with Crippen molar-refractivity contribution in [2.24, 2.45) is 0 Å². The Hall–Kier alpha value is -3.41. The minimum atomic E-state index is -0.779. The summed E-state index contributed by atoms with van der Waals surface area (Å²) in [7, 11) is 0. The molecule has 1 unspecified atom stereocenters. The molecule has 0 amide bonds. The summed E-state index contributed by atoms with van der Waals surface area (Å²) >= 11 is 0. The van der Waals surface area contributed by atoms with Crippen LogP contribution in [0.4, 0.5) is 0 Å². The number of allylic oxidation sites excluding steroid dienone is 14. The molecule has 0 aromatic rings. The van der Waals surface area contributed by atoms with Gasteiger partial charge in [-0.15, -0.1) is 0 Å². The fourth-order valence-corrected chi connectivity index (χ4v) is 8.91. The fraction of sp³-hybridized carbons (Fsp3) is 0.750. The van der Waals surface area contributed by atoms with E-state index in [4.69, 9.17) is 14.2 Å². The largest absolute Gasteiger partial charge is 0.462 e. The number of hydrogen-bond donors (Lipinski definition) is 0. The van der Waals surface area contributed by atoms with Crippen LogP contribution in [0.3, 0.4) is 0 Å². The SMILES string of the molecule is CC/C=C\C/C=C\C/C=C\C/C=C\C/C=C\C/C=C\CCCCCCCCCCC(=O)OCC(COC(=O)CCCCCCCCCC)OC(=O)CCCCCCCCCCC/C=C\CCCCCCCCCC. The normalized spacial score (nSPS) is 12.6. The summed E-state index contributed by atoms with van der Waals surface area (Å²) in [5, 5.41) is 0. The molecule has 0 aliphatic heterocycles. The first kappa shape index (κ1) is 70.6. The van der Waals surface area contributed by atoms with Gasteiger partial charge in [0.15, 0.2) is 6.10 Å². The van der Waals surface area contributed by atoms with Crippen LogP contribution in [0.2, 0.25) is 0 Å². The predicted octanol–water partition coefficient (Wildman–Crippen LogP) is 21.5. The minimum absolute atomic E-state index is 0.0775. The maximum Gasteiger partial charge on any atom is 0.306 e. The van der Waals surface area contributed by atoms with Crippen LogP contribution in [0, 0.1) is 0 Å². The van der Waals surface area contributed by atoms with Crippen LogP contribution in [0.25, 0.3) is 0 Å². The first-order chi connectivity index (χ1) is 36.5. The van der Waals surface area contributed by atoms with E-state index in [1.54, 1.807) is 0 Å². The number of rotatable bonds is 57. The monoisotopic (exact) mass is 1030 g/mol. The number of esters is 3. The lowest BCUT2D eigenvalue weighted by Crippen LogP contribution is -2.30. The lowest BCUT2D eigenvalue weighted by Gasteiger charge is -2.18. The molecule has 0 spiro atoms. The summed E-state index contributed by atoms with van der Waals surface area (Å²) in [4.78, 5) is 38.1. The van der Waals surface area contributed by atoms with Crippen molar-refractivity contribution >= 4 is 17.9 Å². The van der Waals surface area contributed by atoms with Gasteiger partial charge in [0.1, 0.15) is 13.2 Å². The second-order valence-corrected chi connectivity index (χ2v) is 20.9. The average Bonchev–Trinajstić information content (AvgIpc) is 3.40. The molecule has 0 saturated carbocycles. The molecule has 0 aromatic heterocycles. The van der Waals surface area contributed by atoms with Gasteiger partial charge < -0.3 is 14.2 Å². The Balaban J connectivity index is 4.20. The van der Waals surface area contributed by atoms with Crippen LogP contribution in [0.15, 0.2) is 85.1 Å². The van der Waals surface area contributed by atoms with E-state index in [0.717, 1.165) is 103 Å². The zero-order valence-electron chi connectivity index (χ0n) is 48.8. The van der Waals surface area contributed by atoms with Crippen molar-refractivity contribution in [3.63, 3.8) is 0 Å². The van der Waals surface area contributed by atoms with Crippen LogP contribution in [0.1, 0.15) is 310 Å². The van der Waals surface area contributed by atoms with Crippen LogP contribution in [0.5, 0.6) is 0 Å². The second-order valence-electron chi connectivity index (χ2n) is 20.9. The highest BCUT2D eigenvalue weighted by molar-refractivity contribution is 5.71. The molecule has 6 nitrogen and oxygen atoms in total. The molecule has 1 atom stereocenters. The molecule has 74 heavy (non-hydrogen) atoms. The summed E-state index contributed by atoms with van der Waals surface area (Å²) in [6.07, 6.45) is 81.7. The Bertz CT molecular complexity index is 1420. The lowest BCUT2D eigenvalue weighted by molar-refractivity contribution is -0.167. The molecule has 0 bridgehead atoms. The van der Waals surface area contributed by atoms with Gasteiger partial charge in [-0.1, -0.05) is 279 Å². The molecule has 0 aromatic carbocycles. The highest BCUT2D eigenvalue weighted by Crippen LogP contribution is 2.16. The lowest BCUT2D eigenvalue weighted by atomic mass is 10.1. The van der Waals surface area contributed by atoms with Crippen molar-refractivity contribution in [3.8, 4) is 0 Å². The van der Waals surface area contributed by atoms with Gasteiger partial charge >= 0.3 is 17.9 Å². The van der Waals surface area contributed by atoms with E-state index in [9.17, 15) is 14.4 Å². The number of unbranched alkanes of at least 4 members (excludes halogenated alkanes) is 32. The first-order valence-electron chi connectivity index (χ1n) is 31.6. The zero-order valence-corrected chi connectivity index (χ0v) is 48.8.